The quantitative estimate of drug-likeness (QED) is 0.747. The van der Waals surface area contributed by atoms with Crippen molar-refractivity contribution in [2.24, 2.45) is 10.2 Å². The molecule has 1 heterocycles. The van der Waals surface area contributed by atoms with Gasteiger partial charge in [-0.15, -0.1) is 5.11 Å². The number of alkyl halides is 3. The van der Waals surface area contributed by atoms with E-state index in [1.54, 1.807) is 13.8 Å². The summed E-state index contributed by atoms with van der Waals surface area (Å²) in [7, 11) is 0. The molecule has 9 heteroatoms. The Morgan fingerprint density at radius 1 is 1.33 bits per heavy atom. The molecule has 142 valence electrons. The van der Waals surface area contributed by atoms with Crippen LogP contribution in [0, 0.1) is 18.3 Å². The largest absolute Gasteiger partial charge is 0.493 e. The van der Waals surface area contributed by atoms with Gasteiger partial charge < -0.3 is 5.11 Å². The fourth-order valence-electron chi connectivity index (χ4n) is 2.47. The number of aromatic nitrogens is 1. The van der Waals surface area contributed by atoms with Crippen LogP contribution in [0.2, 0.25) is 0 Å². The van der Waals surface area contributed by atoms with Crippen molar-refractivity contribution in [3.63, 3.8) is 0 Å². The molecule has 2 aromatic rings. The van der Waals surface area contributed by atoms with E-state index in [0.29, 0.717) is 6.42 Å². The van der Waals surface area contributed by atoms with Crippen molar-refractivity contribution in [3.8, 4) is 11.9 Å². The molecule has 0 bridgehead atoms. The third-order valence-electron chi connectivity index (χ3n) is 4.19. The van der Waals surface area contributed by atoms with Crippen LogP contribution in [0.1, 0.15) is 43.0 Å². The Morgan fingerprint density at radius 3 is 2.56 bits per heavy atom. The monoisotopic (exact) mass is 378 g/mol. The molecule has 1 unspecified atom stereocenters. The third-order valence-corrected chi connectivity index (χ3v) is 4.19. The summed E-state index contributed by atoms with van der Waals surface area (Å²) in [4.78, 5) is 12.7. The highest BCUT2D eigenvalue weighted by molar-refractivity contribution is 5.57. The summed E-state index contributed by atoms with van der Waals surface area (Å²) in [5.74, 6) is -0.465. The van der Waals surface area contributed by atoms with Crippen molar-refractivity contribution in [1.82, 2.24) is 4.57 Å². The Bertz CT molecular complexity index is 988. The predicted molar refractivity (Wildman–Crippen MR) is 92.4 cm³/mol. The first-order chi connectivity index (χ1) is 12.6. The van der Waals surface area contributed by atoms with Crippen LogP contribution in [-0.4, -0.2) is 9.67 Å². The number of benzene rings is 1. The van der Waals surface area contributed by atoms with Crippen molar-refractivity contribution in [2.75, 3.05) is 0 Å². The number of nitriles is 1. The Morgan fingerprint density at radius 2 is 2.00 bits per heavy atom. The van der Waals surface area contributed by atoms with Crippen LogP contribution in [0.4, 0.5) is 24.5 Å². The Balaban J connectivity index is 2.62. The summed E-state index contributed by atoms with van der Waals surface area (Å²) in [6.45, 7) is 4.90. The molecule has 1 N–H and O–H groups in total. The fourth-order valence-corrected chi connectivity index (χ4v) is 2.47. The molecular weight excluding hydrogens is 361 g/mol. The van der Waals surface area contributed by atoms with E-state index in [-0.39, 0.29) is 22.5 Å². The van der Waals surface area contributed by atoms with Gasteiger partial charge >= 0.3 is 6.18 Å². The number of hydrogen-bond donors (Lipinski definition) is 1. The van der Waals surface area contributed by atoms with Crippen molar-refractivity contribution in [3.05, 3.63) is 51.3 Å². The van der Waals surface area contributed by atoms with Crippen LogP contribution in [0.5, 0.6) is 5.88 Å². The first-order valence-corrected chi connectivity index (χ1v) is 8.08. The maximum Gasteiger partial charge on any atom is 0.416 e. The fraction of sp³-hybridized carbons (Fsp3) is 0.333. The zero-order valence-corrected chi connectivity index (χ0v) is 14.9. The Hall–Kier alpha value is -3.15. The predicted octanol–water partition coefficient (Wildman–Crippen LogP) is 5.14. The molecule has 0 saturated carbocycles. The average Bonchev–Trinajstić information content (AvgIpc) is 2.61. The minimum Gasteiger partial charge on any atom is -0.493 e. The number of pyridine rings is 1. The normalized spacial score (nSPS) is 12.9. The lowest BCUT2D eigenvalue weighted by Crippen LogP contribution is -2.24. The highest BCUT2D eigenvalue weighted by Gasteiger charge is 2.30. The molecule has 0 spiro atoms. The summed E-state index contributed by atoms with van der Waals surface area (Å²) < 4.78 is 39.4. The molecule has 0 amide bonds. The molecule has 0 radical (unpaired) electrons. The Labute approximate surface area is 153 Å². The molecule has 2 rings (SSSR count). The summed E-state index contributed by atoms with van der Waals surface area (Å²) in [5, 5.41) is 27.0. The van der Waals surface area contributed by atoms with Gasteiger partial charge in [0.25, 0.3) is 5.56 Å². The molecule has 0 aliphatic heterocycles. The zero-order chi connectivity index (χ0) is 20.4. The second kappa shape index (κ2) is 7.61. The second-order valence-electron chi connectivity index (χ2n) is 5.96. The molecule has 1 aromatic heterocycles. The van der Waals surface area contributed by atoms with Crippen molar-refractivity contribution in [1.29, 1.82) is 5.26 Å². The smallest absolute Gasteiger partial charge is 0.416 e. The van der Waals surface area contributed by atoms with Gasteiger partial charge in [0.05, 0.1) is 11.3 Å². The number of nitrogens with zero attached hydrogens (tertiary/aromatic N) is 4. The van der Waals surface area contributed by atoms with Crippen LogP contribution >= 0.6 is 0 Å². The van der Waals surface area contributed by atoms with Crippen LogP contribution < -0.4 is 5.56 Å². The molecule has 6 nitrogen and oxygen atoms in total. The van der Waals surface area contributed by atoms with Crippen molar-refractivity contribution >= 4 is 11.4 Å². The lowest BCUT2D eigenvalue weighted by Gasteiger charge is -2.17. The third kappa shape index (κ3) is 4.00. The van der Waals surface area contributed by atoms with Gasteiger partial charge in [0.1, 0.15) is 11.6 Å². The lowest BCUT2D eigenvalue weighted by atomic mass is 10.1. The van der Waals surface area contributed by atoms with Crippen LogP contribution in [0.3, 0.4) is 0 Å². The molecule has 27 heavy (non-hydrogen) atoms. The summed E-state index contributed by atoms with van der Waals surface area (Å²) in [5.41, 5.74) is -1.89. The molecule has 1 aromatic carbocycles. The second-order valence-corrected chi connectivity index (χ2v) is 5.96. The minimum absolute atomic E-state index is 0.0923. The van der Waals surface area contributed by atoms with Gasteiger partial charge in [-0.05, 0) is 38.5 Å². The lowest BCUT2D eigenvalue weighted by molar-refractivity contribution is -0.137. The zero-order valence-electron chi connectivity index (χ0n) is 14.9. The minimum atomic E-state index is -4.53. The van der Waals surface area contributed by atoms with E-state index in [4.69, 9.17) is 0 Å². The van der Waals surface area contributed by atoms with Crippen molar-refractivity contribution < 1.29 is 18.3 Å². The molecule has 1 atom stereocenters. The average molecular weight is 378 g/mol. The highest BCUT2D eigenvalue weighted by Crippen LogP contribution is 2.33. The van der Waals surface area contributed by atoms with Crippen molar-refractivity contribution in [2.45, 2.75) is 39.4 Å². The number of aromatic hydroxyl groups is 1. The number of hydrogen-bond acceptors (Lipinski definition) is 5. The summed E-state index contributed by atoms with van der Waals surface area (Å²) >= 11 is 0. The molecular formula is C18H17F3N4O2. The van der Waals surface area contributed by atoms with Crippen LogP contribution in [0.15, 0.2) is 39.3 Å². The van der Waals surface area contributed by atoms with E-state index >= 15 is 0 Å². The molecule has 0 aliphatic carbocycles. The van der Waals surface area contributed by atoms with E-state index in [9.17, 15) is 28.3 Å². The first-order valence-electron chi connectivity index (χ1n) is 8.08. The van der Waals surface area contributed by atoms with Crippen LogP contribution in [0.25, 0.3) is 0 Å². The maximum atomic E-state index is 12.8. The van der Waals surface area contributed by atoms with Gasteiger partial charge in [0.15, 0.2) is 5.69 Å². The molecule has 0 fully saturated rings. The van der Waals surface area contributed by atoms with Gasteiger partial charge in [-0.2, -0.15) is 23.5 Å². The van der Waals surface area contributed by atoms with Gasteiger partial charge in [-0.25, -0.2) is 0 Å². The summed E-state index contributed by atoms with van der Waals surface area (Å²) in [6.07, 6.45) is -4.02. The number of rotatable bonds is 4. The number of halogens is 3. The van der Waals surface area contributed by atoms with E-state index < -0.39 is 29.2 Å². The molecule has 0 saturated heterocycles. The Kier molecular flexibility index (Phi) is 5.69. The summed E-state index contributed by atoms with van der Waals surface area (Å²) in [6, 6.07) is 5.60. The van der Waals surface area contributed by atoms with E-state index in [2.05, 4.69) is 10.2 Å². The van der Waals surface area contributed by atoms with Gasteiger partial charge in [0.2, 0.25) is 5.88 Å². The molecule has 0 aliphatic rings. The maximum absolute atomic E-state index is 12.8. The van der Waals surface area contributed by atoms with E-state index in [1.165, 1.54) is 19.1 Å². The van der Waals surface area contributed by atoms with Crippen LogP contribution in [-0.2, 0) is 6.18 Å². The SMILES string of the molecule is CCC(C)n1c(O)c(C#N)c(C)c(N=Nc2cccc(C(F)(F)F)c2)c1=O. The van der Waals surface area contributed by atoms with E-state index in [0.717, 1.165) is 16.7 Å². The first kappa shape index (κ1) is 20.2. The van der Waals surface area contributed by atoms with Gasteiger partial charge in [-0.3, -0.25) is 9.36 Å². The van der Waals surface area contributed by atoms with Gasteiger partial charge in [-0.1, -0.05) is 13.0 Å². The highest BCUT2D eigenvalue weighted by atomic mass is 19.4. The van der Waals surface area contributed by atoms with Gasteiger partial charge in [0, 0.05) is 11.6 Å². The number of azo groups is 1. The standard InChI is InChI=1S/C18H17F3N4O2/c1-4-10(2)25-16(26)14(9-22)11(3)15(17(25)27)24-23-13-7-5-6-12(8-13)18(19,20)21/h5-8,10,26H,4H2,1-3H3. The topological polar surface area (TPSA) is 90.7 Å². The van der Waals surface area contributed by atoms with E-state index in [1.807, 2.05) is 6.07 Å².